The summed E-state index contributed by atoms with van der Waals surface area (Å²) in [6.45, 7) is 0. The molecule has 6 heteroatoms. The summed E-state index contributed by atoms with van der Waals surface area (Å²) in [5, 5.41) is 4.51. The van der Waals surface area contributed by atoms with Gasteiger partial charge in [-0.1, -0.05) is 29.3 Å². The maximum Gasteiger partial charge on any atom is 0.216 e. The van der Waals surface area contributed by atoms with Gasteiger partial charge in [-0.3, -0.25) is 0 Å². The second kappa shape index (κ2) is 6.88. The lowest BCUT2D eigenvalue weighted by molar-refractivity contribution is 0.394. The summed E-state index contributed by atoms with van der Waals surface area (Å²) in [4.78, 5) is 8.28. The predicted octanol–water partition coefficient (Wildman–Crippen LogP) is 3.30. The normalized spacial score (nSPS) is 12.2. The van der Waals surface area contributed by atoms with Gasteiger partial charge in [-0.25, -0.2) is 9.97 Å². The molecule has 0 aliphatic carbocycles. The molecule has 1 heterocycles. The first kappa shape index (κ1) is 15.0. The monoisotopic (exact) mass is 311 g/mol. The SMILES string of the molecule is CNC(Cc1c(Cl)cccc1Cl)c1cc(OC)ncn1. The molecule has 0 aliphatic rings. The van der Waals surface area contributed by atoms with Crippen molar-refractivity contribution in [3.63, 3.8) is 0 Å². The van der Waals surface area contributed by atoms with Crippen molar-refractivity contribution in [1.82, 2.24) is 15.3 Å². The Morgan fingerprint density at radius 1 is 1.25 bits per heavy atom. The number of hydrogen-bond donors (Lipinski definition) is 1. The van der Waals surface area contributed by atoms with Crippen LogP contribution in [0.1, 0.15) is 17.3 Å². The summed E-state index contributed by atoms with van der Waals surface area (Å²) in [6.07, 6.45) is 2.11. The minimum Gasteiger partial charge on any atom is -0.481 e. The van der Waals surface area contributed by atoms with E-state index in [4.69, 9.17) is 27.9 Å². The van der Waals surface area contributed by atoms with Gasteiger partial charge in [0.15, 0.2) is 0 Å². The zero-order chi connectivity index (χ0) is 14.5. The fraction of sp³-hybridized carbons (Fsp3) is 0.286. The summed E-state index contributed by atoms with van der Waals surface area (Å²) >= 11 is 12.4. The van der Waals surface area contributed by atoms with Crippen molar-refractivity contribution in [1.29, 1.82) is 0 Å². The summed E-state index contributed by atoms with van der Waals surface area (Å²) in [6, 6.07) is 7.26. The molecule has 1 aromatic carbocycles. The van der Waals surface area contributed by atoms with Gasteiger partial charge in [-0.15, -0.1) is 0 Å². The molecule has 1 atom stereocenters. The molecular formula is C14H15Cl2N3O. The van der Waals surface area contributed by atoms with E-state index in [1.165, 1.54) is 6.33 Å². The lowest BCUT2D eigenvalue weighted by Crippen LogP contribution is -2.20. The molecule has 4 nitrogen and oxygen atoms in total. The summed E-state index contributed by atoms with van der Waals surface area (Å²) < 4.78 is 5.12. The molecule has 106 valence electrons. The maximum atomic E-state index is 6.21. The second-order valence-electron chi connectivity index (χ2n) is 4.23. The maximum absolute atomic E-state index is 6.21. The molecule has 0 bridgehead atoms. The first-order valence-corrected chi connectivity index (χ1v) is 6.87. The van der Waals surface area contributed by atoms with E-state index in [2.05, 4.69) is 15.3 Å². The molecule has 20 heavy (non-hydrogen) atoms. The number of hydrogen-bond acceptors (Lipinski definition) is 4. The predicted molar refractivity (Wildman–Crippen MR) is 80.6 cm³/mol. The van der Waals surface area contributed by atoms with Crippen molar-refractivity contribution in [2.75, 3.05) is 14.2 Å². The molecule has 0 amide bonds. The van der Waals surface area contributed by atoms with E-state index in [1.807, 2.05) is 25.2 Å². The highest BCUT2D eigenvalue weighted by Crippen LogP contribution is 2.29. The van der Waals surface area contributed by atoms with Gasteiger partial charge in [0, 0.05) is 16.1 Å². The van der Waals surface area contributed by atoms with Gasteiger partial charge >= 0.3 is 0 Å². The summed E-state index contributed by atoms with van der Waals surface area (Å²) in [7, 11) is 3.44. The third-order valence-corrected chi connectivity index (χ3v) is 3.76. The first-order chi connectivity index (χ1) is 9.65. The Hall–Kier alpha value is -1.36. The third kappa shape index (κ3) is 3.39. The number of aromatic nitrogens is 2. The van der Waals surface area contributed by atoms with Crippen molar-refractivity contribution in [2.24, 2.45) is 0 Å². The van der Waals surface area contributed by atoms with Crippen LogP contribution in [-0.4, -0.2) is 24.1 Å². The van der Waals surface area contributed by atoms with Crippen molar-refractivity contribution < 1.29 is 4.74 Å². The molecule has 2 aromatic rings. The number of nitrogens with one attached hydrogen (secondary N) is 1. The highest BCUT2D eigenvalue weighted by molar-refractivity contribution is 6.36. The van der Waals surface area contributed by atoms with Crippen molar-refractivity contribution in [2.45, 2.75) is 12.5 Å². The van der Waals surface area contributed by atoms with Gasteiger partial charge in [0.1, 0.15) is 6.33 Å². The molecule has 0 saturated heterocycles. The Balaban J connectivity index is 2.29. The van der Waals surface area contributed by atoms with Crippen LogP contribution in [0.4, 0.5) is 0 Å². The molecular weight excluding hydrogens is 297 g/mol. The van der Waals surface area contributed by atoms with Crippen LogP contribution in [0.5, 0.6) is 5.88 Å². The number of rotatable bonds is 5. The van der Waals surface area contributed by atoms with Crippen LogP contribution in [0.3, 0.4) is 0 Å². The first-order valence-electron chi connectivity index (χ1n) is 6.11. The van der Waals surface area contributed by atoms with E-state index in [0.717, 1.165) is 11.3 Å². The van der Waals surface area contributed by atoms with Crippen molar-refractivity contribution in [3.8, 4) is 5.88 Å². The lowest BCUT2D eigenvalue weighted by atomic mass is 10.0. The minimum absolute atomic E-state index is 0.0238. The van der Waals surface area contributed by atoms with Gasteiger partial charge in [-0.2, -0.15) is 0 Å². The highest BCUT2D eigenvalue weighted by atomic mass is 35.5. The topological polar surface area (TPSA) is 47.0 Å². The highest BCUT2D eigenvalue weighted by Gasteiger charge is 2.16. The standard InChI is InChI=1S/C14H15Cl2N3O/c1-17-12(13-7-14(20-2)19-8-18-13)6-9-10(15)4-3-5-11(9)16/h3-5,7-8,12,17H,6H2,1-2H3. The van der Waals surface area contributed by atoms with Crippen LogP contribution in [0.2, 0.25) is 10.0 Å². The van der Waals surface area contributed by atoms with E-state index >= 15 is 0 Å². The fourth-order valence-corrected chi connectivity index (χ4v) is 2.49. The Bertz CT molecular complexity index is 572. The number of halogens is 2. The van der Waals surface area contributed by atoms with E-state index in [9.17, 15) is 0 Å². The van der Waals surface area contributed by atoms with Crippen molar-refractivity contribution in [3.05, 3.63) is 51.9 Å². The summed E-state index contributed by atoms with van der Waals surface area (Å²) in [5.74, 6) is 0.528. The quantitative estimate of drug-likeness (QED) is 0.920. The van der Waals surface area contributed by atoms with Gasteiger partial charge in [0.25, 0.3) is 0 Å². The smallest absolute Gasteiger partial charge is 0.216 e. The molecule has 1 N–H and O–H groups in total. The number of nitrogens with zero attached hydrogens (tertiary/aromatic N) is 2. The lowest BCUT2D eigenvalue weighted by Gasteiger charge is -2.17. The van der Waals surface area contributed by atoms with Crippen LogP contribution in [0.15, 0.2) is 30.6 Å². The van der Waals surface area contributed by atoms with Gasteiger partial charge < -0.3 is 10.1 Å². The number of ether oxygens (including phenoxy) is 1. The molecule has 0 fully saturated rings. The molecule has 1 unspecified atom stereocenters. The average Bonchev–Trinajstić information content (AvgIpc) is 2.47. The summed E-state index contributed by atoms with van der Waals surface area (Å²) in [5.41, 5.74) is 1.73. The molecule has 0 saturated carbocycles. The Kier molecular flexibility index (Phi) is 5.17. The Morgan fingerprint density at radius 2 is 1.95 bits per heavy atom. The number of methoxy groups -OCH3 is 1. The Labute approximate surface area is 128 Å². The number of benzene rings is 1. The molecule has 1 aromatic heterocycles. The molecule has 0 aliphatic heterocycles. The second-order valence-corrected chi connectivity index (χ2v) is 5.05. The third-order valence-electron chi connectivity index (χ3n) is 3.05. The number of likely N-dealkylation sites (N-methyl/N-ethyl adjacent to an activating group) is 1. The van der Waals surface area contributed by atoms with E-state index in [0.29, 0.717) is 22.3 Å². The molecule has 0 radical (unpaired) electrons. The average molecular weight is 312 g/mol. The minimum atomic E-state index is -0.0238. The largest absolute Gasteiger partial charge is 0.481 e. The Morgan fingerprint density at radius 3 is 2.55 bits per heavy atom. The van der Waals surface area contributed by atoms with Crippen LogP contribution in [-0.2, 0) is 6.42 Å². The van der Waals surface area contributed by atoms with Crippen LogP contribution in [0, 0.1) is 0 Å². The van der Waals surface area contributed by atoms with Gasteiger partial charge in [-0.05, 0) is 31.2 Å². The van der Waals surface area contributed by atoms with E-state index in [-0.39, 0.29) is 6.04 Å². The van der Waals surface area contributed by atoms with Gasteiger partial charge in [0.05, 0.1) is 18.8 Å². The fourth-order valence-electron chi connectivity index (χ4n) is 1.94. The molecule has 2 rings (SSSR count). The zero-order valence-electron chi connectivity index (χ0n) is 11.2. The van der Waals surface area contributed by atoms with E-state index < -0.39 is 0 Å². The van der Waals surface area contributed by atoms with Crippen LogP contribution in [0.25, 0.3) is 0 Å². The van der Waals surface area contributed by atoms with E-state index in [1.54, 1.807) is 13.2 Å². The van der Waals surface area contributed by atoms with Gasteiger partial charge in [0.2, 0.25) is 5.88 Å². The van der Waals surface area contributed by atoms with Crippen LogP contribution >= 0.6 is 23.2 Å². The van der Waals surface area contributed by atoms with Crippen molar-refractivity contribution >= 4 is 23.2 Å². The zero-order valence-corrected chi connectivity index (χ0v) is 12.7. The molecule has 0 spiro atoms. The van der Waals surface area contributed by atoms with Crippen LogP contribution < -0.4 is 10.1 Å².